The molecule has 1 saturated heterocycles. The van der Waals surface area contributed by atoms with Gasteiger partial charge in [-0.15, -0.1) is 0 Å². The normalized spacial score (nSPS) is 17.6. The highest BCUT2D eigenvalue weighted by molar-refractivity contribution is 5.79. The molecule has 22 heavy (non-hydrogen) atoms. The summed E-state index contributed by atoms with van der Waals surface area (Å²) in [6.45, 7) is 9.16. The van der Waals surface area contributed by atoms with Crippen LogP contribution in [0.1, 0.15) is 51.3 Å². The molecule has 0 aromatic carbocycles. The molecule has 2 N–H and O–H groups in total. The summed E-state index contributed by atoms with van der Waals surface area (Å²) in [6.07, 6.45) is 6.66. The summed E-state index contributed by atoms with van der Waals surface area (Å²) >= 11 is 0. The number of nitrogens with zero attached hydrogens (tertiary/aromatic N) is 2. The Balaban J connectivity index is 1.99. The molecule has 5 heteroatoms. The monoisotopic (exact) mass is 306 g/mol. The van der Waals surface area contributed by atoms with E-state index in [1.54, 1.807) is 6.26 Å². The summed E-state index contributed by atoms with van der Waals surface area (Å²) < 4.78 is 5.65. The molecule has 1 unspecified atom stereocenters. The van der Waals surface area contributed by atoms with E-state index < -0.39 is 0 Å². The van der Waals surface area contributed by atoms with Gasteiger partial charge < -0.3 is 15.1 Å². The molecule has 1 aromatic rings. The van der Waals surface area contributed by atoms with Crippen LogP contribution in [0.4, 0.5) is 0 Å². The van der Waals surface area contributed by atoms with Crippen LogP contribution in [0, 0.1) is 0 Å². The fourth-order valence-electron chi connectivity index (χ4n) is 2.82. The van der Waals surface area contributed by atoms with E-state index in [4.69, 9.17) is 9.41 Å². The van der Waals surface area contributed by atoms with Crippen molar-refractivity contribution in [1.82, 2.24) is 15.5 Å². The molecule has 1 aliphatic rings. The van der Waals surface area contributed by atoms with Crippen molar-refractivity contribution in [3.8, 4) is 0 Å². The topological polar surface area (TPSA) is 52.8 Å². The Hall–Kier alpha value is -1.49. The molecule has 124 valence electrons. The van der Waals surface area contributed by atoms with Crippen LogP contribution in [0.25, 0.3) is 0 Å². The molecule has 0 bridgehead atoms. The smallest absolute Gasteiger partial charge is 0.191 e. The Morgan fingerprint density at radius 1 is 1.32 bits per heavy atom. The van der Waals surface area contributed by atoms with E-state index in [0.717, 1.165) is 50.9 Å². The largest absolute Gasteiger partial charge is 0.468 e. The molecule has 0 amide bonds. The van der Waals surface area contributed by atoms with E-state index in [1.807, 2.05) is 6.07 Å². The molecule has 2 heterocycles. The molecule has 5 nitrogen and oxygen atoms in total. The zero-order valence-electron chi connectivity index (χ0n) is 14.0. The van der Waals surface area contributed by atoms with Crippen LogP contribution in [-0.2, 0) is 0 Å². The first-order valence-electron chi connectivity index (χ1n) is 8.64. The molecular weight excluding hydrogens is 276 g/mol. The van der Waals surface area contributed by atoms with Gasteiger partial charge in [0.15, 0.2) is 5.96 Å². The van der Waals surface area contributed by atoms with Crippen LogP contribution >= 0.6 is 0 Å². The Bertz CT molecular complexity index is 424. The van der Waals surface area contributed by atoms with Crippen molar-refractivity contribution in [2.24, 2.45) is 4.99 Å². The minimum absolute atomic E-state index is 0.249. The van der Waals surface area contributed by atoms with Crippen molar-refractivity contribution >= 4 is 5.96 Å². The van der Waals surface area contributed by atoms with Crippen LogP contribution in [0.3, 0.4) is 0 Å². The fraction of sp³-hybridized carbons (Fsp3) is 0.706. The van der Waals surface area contributed by atoms with E-state index in [1.165, 1.54) is 19.3 Å². The summed E-state index contributed by atoms with van der Waals surface area (Å²) in [4.78, 5) is 7.26. The number of likely N-dealkylation sites (tertiary alicyclic amines) is 1. The first-order chi connectivity index (χ1) is 10.8. The minimum atomic E-state index is 0.249. The predicted octanol–water partition coefficient (Wildman–Crippen LogP) is 2.77. The number of nitrogens with one attached hydrogen (secondary N) is 2. The van der Waals surface area contributed by atoms with Crippen LogP contribution in [-0.4, -0.2) is 43.6 Å². The van der Waals surface area contributed by atoms with E-state index >= 15 is 0 Å². The van der Waals surface area contributed by atoms with Crippen molar-refractivity contribution in [3.05, 3.63) is 24.2 Å². The Labute approximate surface area is 134 Å². The second-order valence-electron chi connectivity index (χ2n) is 5.77. The lowest BCUT2D eigenvalue weighted by molar-refractivity contribution is 0.221. The van der Waals surface area contributed by atoms with Crippen molar-refractivity contribution < 1.29 is 4.42 Å². The summed E-state index contributed by atoms with van der Waals surface area (Å²) in [5.74, 6) is 1.93. The van der Waals surface area contributed by atoms with Crippen molar-refractivity contribution in [2.75, 3.05) is 32.7 Å². The number of furan rings is 1. The summed E-state index contributed by atoms with van der Waals surface area (Å²) in [7, 11) is 0. The SMILES string of the molecule is CCCCNC(=NCC(c1ccco1)N1CCCC1)NCC. The molecule has 0 saturated carbocycles. The summed E-state index contributed by atoms with van der Waals surface area (Å²) in [5, 5.41) is 6.73. The number of guanidine groups is 1. The van der Waals surface area contributed by atoms with Gasteiger partial charge in [0, 0.05) is 13.1 Å². The maximum Gasteiger partial charge on any atom is 0.191 e. The first kappa shape index (κ1) is 16.9. The Morgan fingerprint density at radius 3 is 2.77 bits per heavy atom. The number of rotatable bonds is 8. The molecule has 0 aliphatic carbocycles. The van der Waals surface area contributed by atoms with Crippen molar-refractivity contribution in [1.29, 1.82) is 0 Å². The van der Waals surface area contributed by atoms with Crippen LogP contribution in [0.5, 0.6) is 0 Å². The zero-order chi connectivity index (χ0) is 15.6. The lowest BCUT2D eigenvalue weighted by Crippen LogP contribution is -2.38. The number of unbranched alkanes of at least 4 members (excludes halogenated alkanes) is 1. The Kier molecular flexibility index (Phi) is 7.30. The predicted molar refractivity (Wildman–Crippen MR) is 91.1 cm³/mol. The highest BCUT2D eigenvalue weighted by Crippen LogP contribution is 2.25. The Morgan fingerprint density at radius 2 is 2.14 bits per heavy atom. The van der Waals surface area contributed by atoms with Gasteiger partial charge in [-0.2, -0.15) is 0 Å². The van der Waals surface area contributed by atoms with E-state index in [2.05, 4.69) is 35.4 Å². The van der Waals surface area contributed by atoms with Gasteiger partial charge in [-0.25, -0.2) is 0 Å². The van der Waals surface area contributed by atoms with Crippen LogP contribution in [0.2, 0.25) is 0 Å². The number of aliphatic imine (C=N–C) groups is 1. The molecule has 1 fully saturated rings. The van der Waals surface area contributed by atoms with Gasteiger partial charge >= 0.3 is 0 Å². The third-order valence-corrected chi connectivity index (χ3v) is 4.04. The zero-order valence-corrected chi connectivity index (χ0v) is 14.0. The second-order valence-corrected chi connectivity index (χ2v) is 5.77. The van der Waals surface area contributed by atoms with Gasteiger partial charge in [0.2, 0.25) is 0 Å². The van der Waals surface area contributed by atoms with Gasteiger partial charge in [-0.05, 0) is 51.4 Å². The van der Waals surface area contributed by atoms with Crippen LogP contribution < -0.4 is 10.6 Å². The van der Waals surface area contributed by atoms with Gasteiger partial charge in [0.25, 0.3) is 0 Å². The molecule has 0 spiro atoms. The van der Waals surface area contributed by atoms with Gasteiger partial charge in [-0.1, -0.05) is 13.3 Å². The minimum Gasteiger partial charge on any atom is -0.468 e. The fourth-order valence-corrected chi connectivity index (χ4v) is 2.82. The maximum absolute atomic E-state index is 5.65. The lowest BCUT2D eigenvalue weighted by Gasteiger charge is -2.24. The van der Waals surface area contributed by atoms with E-state index in [-0.39, 0.29) is 6.04 Å². The molecule has 0 radical (unpaired) electrons. The number of hydrogen-bond acceptors (Lipinski definition) is 3. The third-order valence-electron chi connectivity index (χ3n) is 4.04. The van der Waals surface area contributed by atoms with Gasteiger partial charge in [0.1, 0.15) is 5.76 Å². The van der Waals surface area contributed by atoms with E-state index in [0.29, 0.717) is 0 Å². The third kappa shape index (κ3) is 5.05. The highest BCUT2D eigenvalue weighted by Gasteiger charge is 2.25. The molecule has 1 aliphatic heterocycles. The average Bonchev–Trinajstić information content (AvgIpc) is 3.21. The van der Waals surface area contributed by atoms with Crippen LogP contribution in [0.15, 0.2) is 27.8 Å². The molecule has 1 atom stereocenters. The highest BCUT2D eigenvalue weighted by atomic mass is 16.3. The maximum atomic E-state index is 5.65. The average molecular weight is 306 g/mol. The number of hydrogen-bond donors (Lipinski definition) is 2. The molecular formula is C17H30N4O. The quantitative estimate of drug-likeness (QED) is 0.440. The van der Waals surface area contributed by atoms with Crippen molar-refractivity contribution in [2.45, 2.75) is 45.6 Å². The lowest BCUT2D eigenvalue weighted by atomic mass is 10.2. The van der Waals surface area contributed by atoms with Gasteiger partial charge in [-0.3, -0.25) is 9.89 Å². The van der Waals surface area contributed by atoms with Gasteiger partial charge in [0.05, 0.1) is 18.8 Å². The second kappa shape index (κ2) is 9.51. The van der Waals surface area contributed by atoms with E-state index in [9.17, 15) is 0 Å². The first-order valence-corrected chi connectivity index (χ1v) is 8.64. The molecule has 2 rings (SSSR count). The van der Waals surface area contributed by atoms with Crippen molar-refractivity contribution in [3.63, 3.8) is 0 Å². The molecule has 1 aromatic heterocycles. The standard InChI is InChI=1S/C17H30N4O/c1-3-5-10-19-17(18-4-2)20-14-15(16-9-8-13-22-16)21-11-6-7-12-21/h8-9,13,15H,3-7,10-12,14H2,1-2H3,(H2,18,19,20). The summed E-state index contributed by atoms with van der Waals surface area (Å²) in [5.41, 5.74) is 0. The summed E-state index contributed by atoms with van der Waals surface area (Å²) in [6, 6.07) is 4.28.